The monoisotopic (exact) mass is 426 g/mol. The Hall–Kier alpha value is -1.58. The summed E-state index contributed by atoms with van der Waals surface area (Å²) in [5.74, 6) is 0. The van der Waals surface area contributed by atoms with E-state index in [0.717, 1.165) is 68.6 Å². The smallest absolute Gasteiger partial charge is 0.292 e. The van der Waals surface area contributed by atoms with Gasteiger partial charge >= 0.3 is 0 Å². The lowest BCUT2D eigenvalue weighted by molar-refractivity contribution is 0.303. The molecule has 3 heterocycles. The summed E-state index contributed by atoms with van der Waals surface area (Å²) in [4.78, 5) is 2.53. The van der Waals surface area contributed by atoms with Gasteiger partial charge in [-0.05, 0) is 56.1 Å². The predicted octanol–water partition coefficient (Wildman–Crippen LogP) is 6.06. The van der Waals surface area contributed by atoms with Gasteiger partial charge < -0.3 is 4.90 Å². The molecular weight excluding hydrogens is 391 g/mol. The van der Waals surface area contributed by atoms with Gasteiger partial charge in [0.05, 0.1) is 16.7 Å². The van der Waals surface area contributed by atoms with Gasteiger partial charge in [0.15, 0.2) is 0 Å². The summed E-state index contributed by atoms with van der Waals surface area (Å²) in [6, 6.07) is 10.2. The van der Waals surface area contributed by atoms with Crippen LogP contribution in [0.25, 0.3) is 0 Å². The lowest BCUT2D eigenvalue weighted by Crippen LogP contribution is -2.35. The highest BCUT2D eigenvalue weighted by Crippen LogP contribution is 2.69. The van der Waals surface area contributed by atoms with E-state index in [0.29, 0.717) is 0 Å². The summed E-state index contributed by atoms with van der Waals surface area (Å²) in [5, 5.41) is 6.21. The zero-order valence-corrected chi connectivity index (χ0v) is 19.4. The van der Waals surface area contributed by atoms with E-state index in [4.69, 9.17) is 5.10 Å². The van der Waals surface area contributed by atoms with Crippen LogP contribution in [0.15, 0.2) is 46.4 Å². The summed E-state index contributed by atoms with van der Waals surface area (Å²) in [6.45, 7) is 8.67. The maximum atomic E-state index is 15.2. The van der Waals surface area contributed by atoms with E-state index in [1.54, 1.807) is 0 Å². The quantitative estimate of drug-likeness (QED) is 0.551. The van der Waals surface area contributed by atoms with Gasteiger partial charge in [-0.1, -0.05) is 44.9 Å². The minimum absolute atomic E-state index is 0.149. The molecule has 3 aliphatic heterocycles. The molecule has 0 amide bonds. The van der Waals surface area contributed by atoms with E-state index in [2.05, 4.69) is 35.6 Å². The summed E-state index contributed by atoms with van der Waals surface area (Å²) in [7, 11) is -3.00. The van der Waals surface area contributed by atoms with Crippen LogP contribution in [0.2, 0.25) is 0 Å². The van der Waals surface area contributed by atoms with Crippen molar-refractivity contribution in [1.82, 2.24) is 9.57 Å². The minimum atomic E-state index is -3.00. The number of hydrogen-bond acceptors (Lipinski definition) is 3. The van der Waals surface area contributed by atoms with E-state index >= 15 is 4.57 Å². The fraction of sp³-hybridized carbons (Fsp3) is 0.625. The van der Waals surface area contributed by atoms with Gasteiger partial charge in [0.25, 0.3) is 7.44 Å². The first-order valence-corrected chi connectivity index (χ1v) is 13.4. The van der Waals surface area contributed by atoms with Crippen molar-refractivity contribution in [2.75, 3.05) is 31.0 Å². The number of likely N-dealkylation sites (tertiary alicyclic amines) is 1. The van der Waals surface area contributed by atoms with Gasteiger partial charge in [0, 0.05) is 31.9 Å². The highest BCUT2D eigenvalue weighted by atomic mass is 31.2. The van der Waals surface area contributed by atoms with E-state index in [-0.39, 0.29) is 5.41 Å². The van der Waals surface area contributed by atoms with E-state index in [9.17, 15) is 0 Å². The van der Waals surface area contributed by atoms with Crippen LogP contribution < -0.4 is 4.78 Å². The van der Waals surface area contributed by atoms with Gasteiger partial charge in [0.2, 0.25) is 0 Å². The molecule has 1 aromatic carbocycles. The first-order valence-electron chi connectivity index (χ1n) is 11.8. The molecule has 1 aromatic rings. The van der Waals surface area contributed by atoms with Gasteiger partial charge in [0.1, 0.15) is 0 Å². The summed E-state index contributed by atoms with van der Waals surface area (Å²) >= 11 is 0. The standard InChI is InChI=1S/C24H35N4OP/c1-24(2)18-21-23(22(19-24)26-14-10-11-15-26)30(29,27-16-8-3-4-9-17-27)28(25-21)20-12-6-5-7-13-20/h5-7,12-13H,3-4,8-11,14-19H2,1-2H3. The average molecular weight is 427 g/mol. The number of allylic oxidation sites excluding steroid dienone is 2. The molecule has 2 saturated heterocycles. The summed E-state index contributed by atoms with van der Waals surface area (Å²) in [5.41, 5.74) is 3.51. The predicted molar refractivity (Wildman–Crippen MR) is 125 cm³/mol. The average Bonchev–Trinajstić information content (AvgIpc) is 3.26. The molecule has 0 radical (unpaired) electrons. The molecule has 2 fully saturated rings. The molecule has 4 aliphatic rings. The number of para-hydroxylation sites is 1. The van der Waals surface area contributed by atoms with Crippen molar-refractivity contribution in [3.05, 3.63) is 41.3 Å². The van der Waals surface area contributed by atoms with Crippen LogP contribution in [-0.4, -0.2) is 41.5 Å². The maximum absolute atomic E-state index is 15.2. The van der Waals surface area contributed by atoms with Crippen LogP contribution in [-0.2, 0) is 4.57 Å². The fourth-order valence-corrected chi connectivity index (χ4v) is 8.83. The van der Waals surface area contributed by atoms with Gasteiger partial charge in [-0.2, -0.15) is 9.88 Å². The van der Waals surface area contributed by atoms with Crippen LogP contribution in [0.1, 0.15) is 65.2 Å². The number of rotatable bonds is 3. The third-order valence-corrected chi connectivity index (χ3v) is 10.1. The van der Waals surface area contributed by atoms with Crippen LogP contribution in [0.4, 0.5) is 5.69 Å². The Bertz CT molecular complexity index is 893. The molecule has 0 N–H and O–H groups in total. The Labute approximate surface area is 181 Å². The SMILES string of the molecule is CC1(C)CC2=NN(c3ccccc3)P(=O)(N3CCCCCC3)C2=C(N2CCCC2)C1. The number of hydrazone groups is 1. The molecule has 1 unspecified atom stereocenters. The zero-order valence-electron chi connectivity index (χ0n) is 18.5. The van der Waals surface area contributed by atoms with Gasteiger partial charge in [-0.15, -0.1) is 0 Å². The molecule has 0 saturated carbocycles. The largest absolute Gasteiger partial charge is 0.374 e. The van der Waals surface area contributed by atoms with E-state index in [1.807, 2.05) is 23.0 Å². The topological polar surface area (TPSA) is 39.2 Å². The lowest BCUT2D eigenvalue weighted by atomic mass is 9.78. The van der Waals surface area contributed by atoms with Crippen molar-refractivity contribution >= 4 is 18.8 Å². The van der Waals surface area contributed by atoms with Crippen molar-refractivity contribution in [3.63, 3.8) is 0 Å². The third-order valence-electron chi connectivity index (χ3n) is 7.04. The van der Waals surface area contributed by atoms with Crippen LogP contribution >= 0.6 is 7.44 Å². The van der Waals surface area contributed by atoms with Gasteiger partial charge in [-0.25, -0.2) is 4.67 Å². The number of fused-ring (bicyclic) bond motifs is 1. The molecule has 1 atom stereocenters. The molecule has 0 aromatic heterocycles. The first-order chi connectivity index (χ1) is 14.5. The van der Waals surface area contributed by atoms with E-state index < -0.39 is 7.44 Å². The van der Waals surface area contributed by atoms with Crippen molar-refractivity contribution in [2.24, 2.45) is 10.5 Å². The molecule has 0 bridgehead atoms. The first kappa shape index (κ1) is 20.3. The lowest BCUT2D eigenvalue weighted by Gasteiger charge is -2.40. The summed E-state index contributed by atoms with van der Waals surface area (Å²) < 4.78 is 19.5. The Balaban J connectivity index is 1.69. The van der Waals surface area contributed by atoms with Crippen LogP contribution in [0.5, 0.6) is 0 Å². The minimum Gasteiger partial charge on any atom is -0.374 e. The number of hydrogen-bond donors (Lipinski definition) is 0. The Morgan fingerprint density at radius 3 is 2.17 bits per heavy atom. The molecule has 5 rings (SSSR count). The number of anilines is 1. The van der Waals surface area contributed by atoms with Crippen LogP contribution in [0, 0.1) is 5.41 Å². The Morgan fingerprint density at radius 1 is 0.867 bits per heavy atom. The zero-order chi connectivity index (χ0) is 20.8. The third kappa shape index (κ3) is 3.44. The molecule has 162 valence electrons. The second-order valence-corrected chi connectivity index (χ2v) is 12.6. The number of nitrogens with zero attached hydrogens (tertiary/aromatic N) is 4. The normalized spacial score (nSPS) is 29.7. The maximum Gasteiger partial charge on any atom is 0.292 e. The van der Waals surface area contributed by atoms with Crippen molar-refractivity contribution < 1.29 is 4.57 Å². The fourth-order valence-electron chi connectivity index (χ4n) is 5.60. The van der Waals surface area contributed by atoms with Crippen molar-refractivity contribution in [2.45, 2.75) is 65.2 Å². The van der Waals surface area contributed by atoms with E-state index in [1.165, 1.54) is 31.4 Å². The summed E-state index contributed by atoms with van der Waals surface area (Å²) in [6.07, 6.45) is 9.10. The molecule has 0 spiro atoms. The van der Waals surface area contributed by atoms with Crippen molar-refractivity contribution in [1.29, 1.82) is 0 Å². The Morgan fingerprint density at radius 2 is 1.50 bits per heavy atom. The molecule has 5 nitrogen and oxygen atoms in total. The van der Waals surface area contributed by atoms with Crippen molar-refractivity contribution in [3.8, 4) is 0 Å². The highest BCUT2D eigenvalue weighted by Gasteiger charge is 2.53. The Kier molecular flexibility index (Phi) is 5.31. The number of benzene rings is 1. The van der Waals surface area contributed by atoms with Gasteiger partial charge in [-0.3, -0.25) is 4.57 Å². The second-order valence-electron chi connectivity index (χ2n) is 10.1. The second kappa shape index (κ2) is 7.84. The van der Waals surface area contributed by atoms with Crippen LogP contribution in [0.3, 0.4) is 0 Å². The molecule has 6 heteroatoms. The molecule has 30 heavy (non-hydrogen) atoms. The molecule has 1 aliphatic carbocycles. The highest BCUT2D eigenvalue weighted by molar-refractivity contribution is 7.69. The molecular formula is C24H35N4OP.